The molecule has 0 aromatic rings. The molecule has 0 amide bonds. The normalized spacial score (nSPS) is 11.2. The third-order valence-corrected chi connectivity index (χ3v) is 1.37. The molecular formula is C7H13F2NO3. The van der Waals surface area contributed by atoms with Crippen LogP contribution in [-0.4, -0.2) is 55.8 Å². The van der Waals surface area contributed by atoms with Crippen LogP contribution in [0.15, 0.2) is 0 Å². The number of halogens is 2. The molecule has 0 bridgehead atoms. The molecule has 13 heavy (non-hydrogen) atoms. The summed E-state index contributed by atoms with van der Waals surface area (Å²) in [5, 5.41) is 8.37. The molecule has 0 radical (unpaired) electrons. The number of rotatable bonds is 7. The van der Waals surface area contributed by atoms with E-state index in [1.165, 1.54) is 7.11 Å². The van der Waals surface area contributed by atoms with E-state index in [0.717, 1.165) is 4.90 Å². The lowest BCUT2D eigenvalue weighted by molar-refractivity contribution is -0.138. The Hall–Kier alpha value is -0.750. The fourth-order valence-electron chi connectivity index (χ4n) is 0.842. The van der Waals surface area contributed by atoms with Gasteiger partial charge in [0.2, 0.25) is 0 Å². The number of hydrogen-bond donors (Lipinski definition) is 1. The average Bonchev–Trinajstić information content (AvgIpc) is 1.98. The van der Waals surface area contributed by atoms with Gasteiger partial charge in [0.1, 0.15) is 0 Å². The van der Waals surface area contributed by atoms with Crippen LogP contribution in [0.5, 0.6) is 0 Å². The molecule has 0 rings (SSSR count). The number of carbonyl (C=O) groups is 1. The van der Waals surface area contributed by atoms with Crippen molar-refractivity contribution in [3.8, 4) is 0 Å². The first-order chi connectivity index (χ1) is 6.06. The molecule has 6 heteroatoms. The summed E-state index contributed by atoms with van der Waals surface area (Å²) in [5.41, 5.74) is 0. The highest BCUT2D eigenvalue weighted by atomic mass is 19.3. The Morgan fingerprint density at radius 2 is 2.23 bits per heavy atom. The SMILES string of the molecule is COCCN(CC(=O)O)CC(F)F. The quantitative estimate of drug-likeness (QED) is 0.637. The predicted octanol–water partition coefficient (Wildman–Crippen LogP) is 0.284. The van der Waals surface area contributed by atoms with Crippen LogP contribution in [0, 0.1) is 0 Å². The molecule has 0 saturated heterocycles. The summed E-state index contributed by atoms with van der Waals surface area (Å²) in [7, 11) is 1.43. The minimum atomic E-state index is -2.52. The van der Waals surface area contributed by atoms with Crippen molar-refractivity contribution in [3.63, 3.8) is 0 Å². The number of aliphatic carboxylic acids is 1. The second-order valence-electron chi connectivity index (χ2n) is 2.51. The van der Waals surface area contributed by atoms with Crippen molar-refractivity contribution in [2.45, 2.75) is 6.43 Å². The monoisotopic (exact) mass is 197 g/mol. The summed E-state index contributed by atoms with van der Waals surface area (Å²) < 4.78 is 28.4. The van der Waals surface area contributed by atoms with E-state index in [9.17, 15) is 13.6 Å². The Bertz CT molecular complexity index is 155. The maximum atomic E-state index is 11.9. The number of carboxylic acid groups (broad SMARTS) is 1. The van der Waals surface area contributed by atoms with Gasteiger partial charge < -0.3 is 9.84 Å². The van der Waals surface area contributed by atoms with Gasteiger partial charge in [0, 0.05) is 13.7 Å². The van der Waals surface area contributed by atoms with E-state index in [-0.39, 0.29) is 19.7 Å². The molecule has 1 N–H and O–H groups in total. The Kier molecular flexibility index (Phi) is 6.34. The molecule has 0 aliphatic carbocycles. The van der Waals surface area contributed by atoms with E-state index < -0.39 is 18.9 Å². The maximum absolute atomic E-state index is 11.9. The van der Waals surface area contributed by atoms with Gasteiger partial charge in [-0.25, -0.2) is 8.78 Å². The van der Waals surface area contributed by atoms with E-state index in [0.29, 0.717) is 0 Å². The minimum absolute atomic E-state index is 0.202. The summed E-state index contributed by atoms with van der Waals surface area (Å²) in [4.78, 5) is 11.4. The minimum Gasteiger partial charge on any atom is -0.480 e. The first-order valence-corrected chi connectivity index (χ1v) is 3.77. The van der Waals surface area contributed by atoms with Crippen molar-refractivity contribution in [2.24, 2.45) is 0 Å². The average molecular weight is 197 g/mol. The Balaban J connectivity index is 3.80. The van der Waals surface area contributed by atoms with E-state index in [1.807, 2.05) is 0 Å². The van der Waals surface area contributed by atoms with Crippen LogP contribution < -0.4 is 0 Å². The zero-order valence-electron chi connectivity index (χ0n) is 7.37. The van der Waals surface area contributed by atoms with Gasteiger partial charge >= 0.3 is 5.97 Å². The molecule has 0 fully saturated rings. The van der Waals surface area contributed by atoms with E-state index >= 15 is 0 Å². The van der Waals surface area contributed by atoms with E-state index in [4.69, 9.17) is 5.11 Å². The fourth-order valence-corrected chi connectivity index (χ4v) is 0.842. The first-order valence-electron chi connectivity index (χ1n) is 3.77. The Morgan fingerprint density at radius 1 is 1.62 bits per heavy atom. The summed E-state index contributed by atoms with van der Waals surface area (Å²) in [6, 6.07) is 0. The highest BCUT2D eigenvalue weighted by molar-refractivity contribution is 5.69. The van der Waals surface area contributed by atoms with Crippen molar-refractivity contribution in [3.05, 3.63) is 0 Å². The van der Waals surface area contributed by atoms with E-state index in [1.54, 1.807) is 0 Å². The lowest BCUT2D eigenvalue weighted by Gasteiger charge is -2.18. The fraction of sp³-hybridized carbons (Fsp3) is 0.857. The molecule has 0 spiro atoms. The smallest absolute Gasteiger partial charge is 0.317 e. The van der Waals surface area contributed by atoms with E-state index in [2.05, 4.69) is 4.74 Å². The molecule has 0 saturated carbocycles. The van der Waals surface area contributed by atoms with Gasteiger partial charge in [0.05, 0.1) is 19.7 Å². The van der Waals surface area contributed by atoms with Gasteiger partial charge in [-0.1, -0.05) is 0 Å². The molecule has 0 aromatic carbocycles. The third-order valence-electron chi connectivity index (χ3n) is 1.37. The van der Waals surface area contributed by atoms with Crippen molar-refractivity contribution in [1.82, 2.24) is 4.90 Å². The molecule has 78 valence electrons. The van der Waals surface area contributed by atoms with Crippen molar-refractivity contribution in [1.29, 1.82) is 0 Å². The van der Waals surface area contributed by atoms with Crippen LogP contribution in [0.4, 0.5) is 8.78 Å². The Morgan fingerprint density at radius 3 is 2.62 bits per heavy atom. The number of hydrogen-bond acceptors (Lipinski definition) is 3. The predicted molar refractivity (Wildman–Crippen MR) is 42.0 cm³/mol. The number of ether oxygens (including phenoxy) is 1. The zero-order chi connectivity index (χ0) is 10.3. The topological polar surface area (TPSA) is 49.8 Å². The molecule has 4 nitrogen and oxygen atoms in total. The summed E-state index contributed by atoms with van der Waals surface area (Å²) >= 11 is 0. The highest BCUT2D eigenvalue weighted by Crippen LogP contribution is 1.97. The van der Waals surface area contributed by atoms with Crippen LogP contribution in [0.2, 0.25) is 0 Å². The van der Waals surface area contributed by atoms with Gasteiger partial charge in [-0.05, 0) is 0 Å². The summed E-state index contributed by atoms with van der Waals surface area (Å²) in [6.07, 6.45) is -2.52. The van der Waals surface area contributed by atoms with Crippen molar-refractivity contribution < 1.29 is 23.4 Å². The van der Waals surface area contributed by atoms with Crippen LogP contribution in [0.3, 0.4) is 0 Å². The van der Waals surface area contributed by atoms with Crippen molar-refractivity contribution >= 4 is 5.97 Å². The highest BCUT2D eigenvalue weighted by Gasteiger charge is 2.14. The molecular weight excluding hydrogens is 184 g/mol. The lowest BCUT2D eigenvalue weighted by atomic mass is 10.4. The zero-order valence-corrected chi connectivity index (χ0v) is 7.37. The van der Waals surface area contributed by atoms with Gasteiger partial charge in [-0.15, -0.1) is 0 Å². The number of alkyl halides is 2. The molecule has 0 heterocycles. The Labute approximate surface area is 75.1 Å². The van der Waals surface area contributed by atoms with Crippen LogP contribution in [0.25, 0.3) is 0 Å². The second-order valence-corrected chi connectivity index (χ2v) is 2.51. The largest absolute Gasteiger partial charge is 0.480 e. The number of nitrogens with zero attached hydrogens (tertiary/aromatic N) is 1. The van der Waals surface area contributed by atoms with Crippen molar-refractivity contribution in [2.75, 3.05) is 33.4 Å². The second kappa shape index (κ2) is 6.73. The van der Waals surface area contributed by atoms with Gasteiger partial charge in [0.15, 0.2) is 0 Å². The standard InChI is InChI=1S/C7H13F2NO3/c1-13-3-2-10(4-6(8)9)5-7(11)12/h6H,2-5H2,1H3,(H,11,12). The maximum Gasteiger partial charge on any atom is 0.317 e. The van der Waals surface area contributed by atoms with Crippen LogP contribution in [0.1, 0.15) is 0 Å². The van der Waals surface area contributed by atoms with Crippen LogP contribution in [-0.2, 0) is 9.53 Å². The van der Waals surface area contributed by atoms with Gasteiger partial charge in [0.25, 0.3) is 6.43 Å². The molecule has 0 aliphatic rings. The molecule has 0 atom stereocenters. The van der Waals surface area contributed by atoms with Gasteiger partial charge in [-0.2, -0.15) is 0 Å². The summed E-state index contributed by atoms with van der Waals surface area (Å²) in [5.74, 6) is -1.11. The van der Waals surface area contributed by atoms with Crippen LogP contribution >= 0.6 is 0 Å². The van der Waals surface area contributed by atoms with Gasteiger partial charge in [-0.3, -0.25) is 9.69 Å². The number of carboxylic acids is 1. The molecule has 0 unspecified atom stereocenters. The number of methoxy groups -OCH3 is 1. The first kappa shape index (κ1) is 12.2. The molecule has 0 aromatic heterocycles. The third kappa shape index (κ3) is 7.61. The lowest BCUT2D eigenvalue weighted by Crippen LogP contribution is -2.36. The summed E-state index contributed by atoms with van der Waals surface area (Å²) in [6.45, 7) is -0.462. The molecule has 0 aliphatic heterocycles.